The fourth-order valence-electron chi connectivity index (χ4n) is 3.34. The fraction of sp³-hybridized carbons (Fsp3) is 0.250. The number of ether oxygens (including phenoxy) is 2. The molecule has 27 heavy (non-hydrogen) atoms. The summed E-state index contributed by atoms with van der Waals surface area (Å²) < 4.78 is 10.9. The summed E-state index contributed by atoms with van der Waals surface area (Å²) in [6.07, 6.45) is 0. The topological polar surface area (TPSA) is 69.7 Å². The highest BCUT2D eigenvalue weighted by Gasteiger charge is 2.47. The van der Waals surface area contributed by atoms with Crippen LogP contribution in [0.5, 0.6) is 5.75 Å². The molecule has 0 N–H and O–H groups in total. The Hall–Kier alpha value is -2.18. The molecular weight excluding hydrogens is 436 g/mol. The summed E-state index contributed by atoms with van der Waals surface area (Å²) >= 11 is 9.28. The van der Waals surface area contributed by atoms with E-state index in [0.29, 0.717) is 21.9 Å². The Morgan fingerprint density at radius 1 is 1.19 bits per heavy atom. The Bertz CT molecular complexity index is 909. The molecule has 1 aliphatic rings. The predicted molar refractivity (Wildman–Crippen MR) is 103 cm³/mol. The number of rotatable bonds is 4. The van der Waals surface area contributed by atoms with Crippen LogP contribution >= 0.6 is 27.5 Å². The first-order valence-corrected chi connectivity index (χ1v) is 9.39. The average molecular weight is 452 g/mol. The minimum absolute atomic E-state index is 0.203. The number of carbonyl (C=O) groups is 3. The zero-order valence-electron chi connectivity index (χ0n) is 14.6. The molecule has 0 aromatic heterocycles. The van der Waals surface area contributed by atoms with E-state index in [2.05, 4.69) is 15.9 Å². The summed E-state index contributed by atoms with van der Waals surface area (Å²) in [6.45, 7) is 1.70. The van der Waals surface area contributed by atoms with Gasteiger partial charge in [-0.2, -0.15) is 0 Å². The van der Waals surface area contributed by atoms with Crippen molar-refractivity contribution in [2.45, 2.75) is 12.8 Å². The van der Waals surface area contributed by atoms with Crippen molar-refractivity contribution in [2.75, 3.05) is 7.11 Å². The molecule has 0 saturated carbocycles. The van der Waals surface area contributed by atoms with E-state index in [4.69, 9.17) is 21.1 Å². The van der Waals surface area contributed by atoms with Crippen LogP contribution in [0, 0.1) is 11.8 Å². The number of halogens is 2. The Labute approximate surface area is 169 Å². The maximum absolute atomic E-state index is 13.1. The highest BCUT2D eigenvalue weighted by atomic mass is 79.9. The average Bonchev–Trinajstić information content (AvgIpc) is 2.66. The van der Waals surface area contributed by atoms with Gasteiger partial charge in [-0.25, -0.2) is 0 Å². The third kappa shape index (κ3) is 3.77. The highest BCUT2D eigenvalue weighted by molar-refractivity contribution is 9.10. The van der Waals surface area contributed by atoms with Crippen molar-refractivity contribution in [3.63, 3.8) is 0 Å². The van der Waals surface area contributed by atoms with Gasteiger partial charge in [-0.1, -0.05) is 34.5 Å². The van der Waals surface area contributed by atoms with Gasteiger partial charge in [0.05, 0.1) is 7.11 Å². The van der Waals surface area contributed by atoms with E-state index in [0.717, 1.165) is 4.47 Å². The Morgan fingerprint density at radius 2 is 1.85 bits per heavy atom. The number of Topliss-reactive ketones (excluding diaryl/α,β-unsaturated/α-hetero) is 1. The summed E-state index contributed by atoms with van der Waals surface area (Å²) in [5.74, 6) is -3.92. The SMILES string of the molecule is COC(=O)[C@H]1C(=O)Oc2ccc(Br)cc2[C@H]1[C@@H](C)C(=O)c1ccc(Cl)cc1. The van der Waals surface area contributed by atoms with Gasteiger partial charge >= 0.3 is 11.9 Å². The zero-order chi connectivity index (χ0) is 19.7. The van der Waals surface area contributed by atoms with Gasteiger partial charge in [0.2, 0.25) is 0 Å². The number of fused-ring (bicyclic) bond motifs is 1. The predicted octanol–water partition coefficient (Wildman–Crippen LogP) is 4.41. The summed E-state index contributed by atoms with van der Waals surface area (Å²) in [4.78, 5) is 37.9. The Morgan fingerprint density at radius 3 is 2.48 bits per heavy atom. The minimum Gasteiger partial charge on any atom is -0.468 e. The Balaban J connectivity index is 2.08. The van der Waals surface area contributed by atoms with Gasteiger partial charge in [0.1, 0.15) is 5.75 Å². The van der Waals surface area contributed by atoms with E-state index in [1.807, 2.05) is 0 Å². The lowest BCUT2D eigenvalue weighted by Gasteiger charge is -2.33. The van der Waals surface area contributed by atoms with E-state index >= 15 is 0 Å². The number of esters is 2. The van der Waals surface area contributed by atoms with Gasteiger partial charge in [-0.15, -0.1) is 0 Å². The van der Waals surface area contributed by atoms with Gasteiger partial charge in [0.15, 0.2) is 11.7 Å². The van der Waals surface area contributed by atoms with Crippen molar-refractivity contribution in [3.05, 3.63) is 63.1 Å². The molecule has 0 radical (unpaired) electrons. The molecule has 0 amide bonds. The van der Waals surface area contributed by atoms with Crippen LogP contribution < -0.4 is 4.74 Å². The van der Waals surface area contributed by atoms with Crippen molar-refractivity contribution >= 4 is 45.3 Å². The van der Waals surface area contributed by atoms with E-state index in [1.54, 1.807) is 49.4 Å². The number of hydrogen-bond acceptors (Lipinski definition) is 5. The standard InChI is InChI=1S/C20H16BrClO5/c1-10(18(23)11-3-6-13(22)7-4-11)16-14-9-12(21)5-8-15(14)27-20(25)17(16)19(24)26-2/h3-10,16-17H,1-2H3/t10-,16-,17+/m1/s1. The number of benzene rings is 2. The minimum atomic E-state index is -1.22. The van der Waals surface area contributed by atoms with Gasteiger partial charge in [0, 0.05) is 32.5 Å². The number of carbonyl (C=O) groups excluding carboxylic acids is 3. The van der Waals surface area contributed by atoms with E-state index in [1.165, 1.54) is 7.11 Å². The van der Waals surface area contributed by atoms with Crippen molar-refractivity contribution < 1.29 is 23.9 Å². The second-order valence-corrected chi connectivity index (χ2v) is 7.64. The monoisotopic (exact) mass is 450 g/mol. The quantitative estimate of drug-likeness (QED) is 0.298. The van der Waals surface area contributed by atoms with Crippen LogP contribution in [0.3, 0.4) is 0 Å². The van der Waals surface area contributed by atoms with Gasteiger partial charge in [-0.05, 0) is 42.5 Å². The molecule has 140 valence electrons. The van der Waals surface area contributed by atoms with Gasteiger partial charge < -0.3 is 9.47 Å². The first-order chi connectivity index (χ1) is 12.8. The molecule has 0 bridgehead atoms. The van der Waals surface area contributed by atoms with Crippen LogP contribution in [0.15, 0.2) is 46.9 Å². The molecule has 0 aliphatic carbocycles. The molecule has 1 aliphatic heterocycles. The van der Waals surface area contributed by atoms with Crippen LogP contribution in [0.2, 0.25) is 5.02 Å². The van der Waals surface area contributed by atoms with Crippen LogP contribution in [0.1, 0.15) is 28.8 Å². The summed E-state index contributed by atoms with van der Waals surface area (Å²) in [5.41, 5.74) is 1.06. The van der Waals surface area contributed by atoms with E-state index < -0.39 is 29.7 Å². The molecule has 5 nitrogen and oxygen atoms in total. The summed E-state index contributed by atoms with van der Waals surface area (Å²) in [7, 11) is 1.20. The van der Waals surface area contributed by atoms with Crippen molar-refractivity contribution in [1.82, 2.24) is 0 Å². The molecular formula is C20H16BrClO5. The summed E-state index contributed by atoms with van der Waals surface area (Å²) in [5, 5.41) is 0.516. The molecule has 2 aromatic rings. The highest BCUT2D eigenvalue weighted by Crippen LogP contribution is 2.44. The smallest absolute Gasteiger partial charge is 0.326 e. The van der Waals surface area contributed by atoms with Crippen LogP contribution in [-0.2, 0) is 14.3 Å². The molecule has 0 fully saturated rings. The normalized spacial score (nSPS) is 19.6. The first kappa shape index (κ1) is 19.6. The zero-order valence-corrected chi connectivity index (χ0v) is 16.9. The molecule has 3 rings (SSSR count). The van der Waals surface area contributed by atoms with Crippen molar-refractivity contribution in [3.8, 4) is 5.75 Å². The van der Waals surface area contributed by atoms with Crippen molar-refractivity contribution in [2.24, 2.45) is 11.8 Å². The third-order valence-corrected chi connectivity index (χ3v) is 5.44. The third-order valence-electron chi connectivity index (χ3n) is 4.69. The lowest BCUT2D eigenvalue weighted by atomic mass is 9.73. The molecule has 2 aromatic carbocycles. The number of hydrogen-bond donors (Lipinski definition) is 0. The molecule has 0 spiro atoms. The maximum atomic E-state index is 13.1. The largest absolute Gasteiger partial charge is 0.468 e. The maximum Gasteiger partial charge on any atom is 0.326 e. The van der Waals surface area contributed by atoms with Gasteiger partial charge in [0.25, 0.3) is 0 Å². The lowest BCUT2D eigenvalue weighted by Crippen LogP contribution is -2.42. The molecule has 1 heterocycles. The molecule has 0 unspecified atom stereocenters. The number of ketones is 1. The number of methoxy groups -OCH3 is 1. The van der Waals surface area contributed by atoms with Crippen LogP contribution in [0.4, 0.5) is 0 Å². The summed E-state index contributed by atoms with van der Waals surface area (Å²) in [6, 6.07) is 11.6. The first-order valence-electron chi connectivity index (χ1n) is 8.22. The second kappa shape index (κ2) is 7.82. The van der Waals surface area contributed by atoms with E-state index in [-0.39, 0.29) is 5.78 Å². The molecule has 7 heteroatoms. The lowest BCUT2D eigenvalue weighted by molar-refractivity contribution is -0.158. The van der Waals surface area contributed by atoms with Gasteiger partial charge in [-0.3, -0.25) is 14.4 Å². The fourth-order valence-corrected chi connectivity index (χ4v) is 3.84. The molecule has 0 saturated heterocycles. The van der Waals surface area contributed by atoms with Crippen molar-refractivity contribution in [1.29, 1.82) is 0 Å². The molecule has 3 atom stereocenters. The van der Waals surface area contributed by atoms with Crippen LogP contribution in [0.25, 0.3) is 0 Å². The second-order valence-electron chi connectivity index (χ2n) is 6.29. The van der Waals surface area contributed by atoms with E-state index in [9.17, 15) is 14.4 Å². The van der Waals surface area contributed by atoms with Crippen LogP contribution in [-0.4, -0.2) is 24.8 Å². The Kier molecular flexibility index (Phi) is 5.67.